The predicted molar refractivity (Wildman–Crippen MR) is 65.3 cm³/mol. The molecule has 0 radical (unpaired) electrons. The van der Waals surface area contributed by atoms with Gasteiger partial charge in [0.05, 0.1) is 10.5 Å². The van der Waals surface area contributed by atoms with Gasteiger partial charge in [-0.2, -0.15) is 0 Å². The number of nitro groups is 1. The quantitative estimate of drug-likeness (QED) is 0.580. The minimum Gasteiger partial charge on any atom is -0.480 e. The molecule has 1 rings (SSSR count). The van der Waals surface area contributed by atoms with Crippen LogP contribution in [0.25, 0.3) is 0 Å². The van der Waals surface area contributed by atoms with E-state index in [9.17, 15) is 19.7 Å². The SMILES string of the molecule is Cc1c(N(CC(=O)O)CC(=O)O)cccc1[N+](=O)[O-]. The summed E-state index contributed by atoms with van der Waals surface area (Å²) in [5.74, 6) is -2.43. The molecule has 0 aliphatic carbocycles. The first kappa shape index (κ1) is 14.4. The average Bonchev–Trinajstić information content (AvgIpc) is 2.26. The minimum atomic E-state index is -1.22. The van der Waals surface area contributed by atoms with Crippen LogP contribution in [0, 0.1) is 17.0 Å². The topological polar surface area (TPSA) is 121 Å². The van der Waals surface area contributed by atoms with Crippen molar-refractivity contribution < 1.29 is 24.7 Å². The zero-order chi connectivity index (χ0) is 14.6. The van der Waals surface area contributed by atoms with Gasteiger partial charge < -0.3 is 15.1 Å². The van der Waals surface area contributed by atoms with Crippen LogP contribution in [0.3, 0.4) is 0 Å². The van der Waals surface area contributed by atoms with E-state index in [1.54, 1.807) is 0 Å². The second kappa shape index (κ2) is 5.80. The molecule has 0 aliphatic rings. The van der Waals surface area contributed by atoms with Crippen molar-refractivity contribution in [1.29, 1.82) is 0 Å². The Kier molecular flexibility index (Phi) is 4.41. The number of carboxylic acid groups (broad SMARTS) is 2. The minimum absolute atomic E-state index is 0.182. The van der Waals surface area contributed by atoms with Crippen LogP contribution in [0.2, 0.25) is 0 Å². The molecule has 0 spiro atoms. The van der Waals surface area contributed by atoms with Crippen molar-refractivity contribution >= 4 is 23.3 Å². The maximum Gasteiger partial charge on any atom is 0.323 e. The third-order valence-electron chi connectivity index (χ3n) is 2.47. The first-order valence-electron chi connectivity index (χ1n) is 5.25. The highest BCUT2D eigenvalue weighted by Crippen LogP contribution is 2.28. The van der Waals surface area contributed by atoms with E-state index < -0.39 is 30.0 Å². The number of nitro benzene ring substituents is 1. The maximum absolute atomic E-state index is 10.8. The van der Waals surface area contributed by atoms with E-state index in [1.807, 2.05) is 0 Å². The summed E-state index contributed by atoms with van der Waals surface area (Å²) in [6.07, 6.45) is 0. The van der Waals surface area contributed by atoms with E-state index in [-0.39, 0.29) is 16.9 Å². The molecule has 0 unspecified atom stereocenters. The average molecular weight is 268 g/mol. The van der Waals surface area contributed by atoms with Crippen molar-refractivity contribution in [2.75, 3.05) is 18.0 Å². The van der Waals surface area contributed by atoms with Gasteiger partial charge >= 0.3 is 11.9 Å². The molecule has 1 aromatic carbocycles. The van der Waals surface area contributed by atoms with Gasteiger partial charge in [0.15, 0.2) is 0 Å². The van der Waals surface area contributed by atoms with Crippen molar-refractivity contribution in [3.05, 3.63) is 33.9 Å². The summed E-state index contributed by atoms with van der Waals surface area (Å²) in [4.78, 5) is 32.7. The van der Waals surface area contributed by atoms with Gasteiger partial charge in [0, 0.05) is 11.8 Å². The summed E-state index contributed by atoms with van der Waals surface area (Å²) < 4.78 is 0. The molecule has 19 heavy (non-hydrogen) atoms. The highest BCUT2D eigenvalue weighted by atomic mass is 16.6. The Morgan fingerprint density at radius 3 is 2.21 bits per heavy atom. The number of anilines is 1. The van der Waals surface area contributed by atoms with Gasteiger partial charge in [0.2, 0.25) is 0 Å². The van der Waals surface area contributed by atoms with Crippen molar-refractivity contribution in [3.63, 3.8) is 0 Å². The number of benzene rings is 1. The maximum atomic E-state index is 10.8. The largest absolute Gasteiger partial charge is 0.480 e. The standard InChI is InChI=1S/C11H12N2O6/c1-7-8(3-2-4-9(7)13(18)19)12(5-10(14)15)6-11(16)17/h2-4H,5-6H2,1H3,(H,14,15)(H,16,17). The number of hydrogen-bond donors (Lipinski definition) is 2. The van der Waals surface area contributed by atoms with Crippen molar-refractivity contribution in [3.8, 4) is 0 Å². The number of hydrogen-bond acceptors (Lipinski definition) is 5. The highest BCUT2D eigenvalue weighted by Gasteiger charge is 2.20. The molecular formula is C11H12N2O6. The molecule has 2 N–H and O–H groups in total. The zero-order valence-electron chi connectivity index (χ0n) is 10.1. The summed E-state index contributed by atoms with van der Waals surface area (Å²) in [5, 5.41) is 28.3. The van der Waals surface area contributed by atoms with Crippen LogP contribution in [-0.2, 0) is 9.59 Å². The number of carbonyl (C=O) groups is 2. The predicted octanol–water partition coefficient (Wildman–Crippen LogP) is 0.879. The van der Waals surface area contributed by atoms with Gasteiger partial charge in [0.25, 0.3) is 5.69 Å². The Morgan fingerprint density at radius 1 is 1.26 bits per heavy atom. The van der Waals surface area contributed by atoms with Crippen LogP contribution in [0.1, 0.15) is 5.56 Å². The van der Waals surface area contributed by atoms with Crippen LogP contribution < -0.4 is 4.90 Å². The molecular weight excluding hydrogens is 256 g/mol. The van der Waals surface area contributed by atoms with Crippen LogP contribution in [0.5, 0.6) is 0 Å². The fourth-order valence-electron chi connectivity index (χ4n) is 1.70. The van der Waals surface area contributed by atoms with Crippen LogP contribution >= 0.6 is 0 Å². The molecule has 0 bridgehead atoms. The van der Waals surface area contributed by atoms with Crippen molar-refractivity contribution in [2.45, 2.75) is 6.92 Å². The molecule has 1 aromatic rings. The Bertz CT molecular complexity index is 512. The number of aliphatic carboxylic acids is 2. The van der Waals surface area contributed by atoms with Crippen LogP contribution in [0.15, 0.2) is 18.2 Å². The zero-order valence-corrected chi connectivity index (χ0v) is 10.1. The normalized spacial score (nSPS) is 9.95. The summed E-state index contributed by atoms with van der Waals surface area (Å²) >= 11 is 0. The lowest BCUT2D eigenvalue weighted by molar-refractivity contribution is -0.385. The molecule has 0 atom stereocenters. The highest BCUT2D eigenvalue weighted by molar-refractivity contribution is 5.80. The Labute approximate surface area is 108 Å². The third-order valence-corrected chi connectivity index (χ3v) is 2.47. The second-order valence-corrected chi connectivity index (χ2v) is 3.82. The molecule has 8 heteroatoms. The third kappa shape index (κ3) is 3.66. The van der Waals surface area contributed by atoms with Gasteiger partial charge in [0.1, 0.15) is 13.1 Å². The molecule has 0 heterocycles. The molecule has 0 saturated heterocycles. The van der Waals surface area contributed by atoms with Gasteiger partial charge in [-0.15, -0.1) is 0 Å². The van der Waals surface area contributed by atoms with Gasteiger partial charge in [-0.1, -0.05) is 6.07 Å². The molecule has 0 saturated carbocycles. The number of rotatable bonds is 6. The summed E-state index contributed by atoms with van der Waals surface area (Å²) in [6, 6.07) is 4.12. The summed E-state index contributed by atoms with van der Waals surface area (Å²) in [5.41, 5.74) is 0.271. The van der Waals surface area contributed by atoms with Crippen molar-refractivity contribution in [1.82, 2.24) is 0 Å². The molecule has 102 valence electrons. The van der Waals surface area contributed by atoms with E-state index in [0.29, 0.717) is 0 Å². The van der Waals surface area contributed by atoms with Gasteiger partial charge in [-0.05, 0) is 13.0 Å². The number of nitrogens with zero attached hydrogens (tertiary/aromatic N) is 2. The fraction of sp³-hybridized carbons (Fsp3) is 0.273. The molecule has 0 amide bonds. The lowest BCUT2D eigenvalue weighted by atomic mass is 10.1. The molecule has 0 aliphatic heterocycles. The molecule has 0 aromatic heterocycles. The van der Waals surface area contributed by atoms with Crippen molar-refractivity contribution in [2.24, 2.45) is 0 Å². The van der Waals surface area contributed by atoms with Gasteiger partial charge in [-0.25, -0.2) is 0 Å². The second-order valence-electron chi connectivity index (χ2n) is 3.82. The van der Waals surface area contributed by atoms with E-state index in [1.165, 1.54) is 25.1 Å². The van der Waals surface area contributed by atoms with E-state index in [0.717, 1.165) is 4.90 Å². The first-order valence-corrected chi connectivity index (χ1v) is 5.25. The van der Waals surface area contributed by atoms with Gasteiger partial charge in [-0.3, -0.25) is 19.7 Å². The van der Waals surface area contributed by atoms with E-state index in [2.05, 4.69) is 0 Å². The van der Waals surface area contributed by atoms with Crippen LogP contribution in [0.4, 0.5) is 11.4 Å². The smallest absolute Gasteiger partial charge is 0.323 e. The summed E-state index contributed by atoms with van der Waals surface area (Å²) in [7, 11) is 0. The Morgan fingerprint density at radius 2 is 1.79 bits per heavy atom. The van der Waals surface area contributed by atoms with E-state index >= 15 is 0 Å². The lowest BCUT2D eigenvalue weighted by Crippen LogP contribution is -2.35. The molecule has 8 nitrogen and oxygen atoms in total. The first-order chi connectivity index (χ1) is 8.82. The van der Waals surface area contributed by atoms with Crippen LogP contribution in [-0.4, -0.2) is 40.2 Å². The Balaban J connectivity index is 3.21. The summed E-state index contributed by atoms with van der Waals surface area (Å²) in [6.45, 7) is 0.354. The van der Waals surface area contributed by atoms with E-state index in [4.69, 9.17) is 10.2 Å². The Hall–Kier alpha value is -2.64. The monoisotopic (exact) mass is 268 g/mol. The molecule has 0 fully saturated rings. The number of carboxylic acids is 2. The lowest BCUT2D eigenvalue weighted by Gasteiger charge is -2.22. The fourth-order valence-corrected chi connectivity index (χ4v) is 1.70.